The predicted octanol–water partition coefficient (Wildman–Crippen LogP) is 1.10. The number of nitrogens with zero attached hydrogens (tertiary/aromatic N) is 5. The minimum Gasteiger partial charge on any atom is -0.378 e. The number of morpholine rings is 1. The Morgan fingerprint density at radius 3 is 1.93 bits per heavy atom. The zero-order valence-corrected chi connectivity index (χ0v) is 16.5. The van der Waals surface area contributed by atoms with Crippen molar-refractivity contribution in [1.82, 2.24) is 14.3 Å². The number of anilines is 2. The first-order chi connectivity index (χ1) is 13.9. The Hall–Kier alpha value is -2.37. The third-order valence-electron chi connectivity index (χ3n) is 5.01. The standard InChI is InChI=1S/C18H21F2N5O3S/c19-14-9-15(20)11-16(10-14)29(26,27)25-3-1-23(2-4-25)17-12-18(22-13-21-17)24-5-7-28-8-6-24/h9-13H,1-8H2. The molecule has 0 unspecified atom stereocenters. The summed E-state index contributed by atoms with van der Waals surface area (Å²) in [6, 6.07) is 4.21. The van der Waals surface area contributed by atoms with Crippen molar-refractivity contribution in [2.45, 2.75) is 4.90 Å². The summed E-state index contributed by atoms with van der Waals surface area (Å²) in [5.74, 6) is -0.309. The Morgan fingerprint density at radius 2 is 1.34 bits per heavy atom. The molecule has 0 aliphatic carbocycles. The van der Waals surface area contributed by atoms with Crippen LogP contribution in [0.2, 0.25) is 0 Å². The Bertz CT molecular complexity index is 957. The maximum atomic E-state index is 13.4. The van der Waals surface area contributed by atoms with Crippen LogP contribution in [0.5, 0.6) is 0 Å². The summed E-state index contributed by atoms with van der Waals surface area (Å²) in [5.41, 5.74) is 0. The van der Waals surface area contributed by atoms with Crippen molar-refractivity contribution in [3.8, 4) is 0 Å². The van der Waals surface area contributed by atoms with E-state index in [1.807, 2.05) is 11.0 Å². The van der Waals surface area contributed by atoms with Crippen LogP contribution in [-0.2, 0) is 14.8 Å². The molecule has 2 fully saturated rings. The van der Waals surface area contributed by atoms with Crippen molar-refractivity contribution in [2.24, 2.45) is 0 Å². The molecule has 156 valence electrons. The van der Waals surface area contributed by atoms with Crippen LogP contribution in [0, 0.1) is 11.6 Å². The second-order valence-corrected chi connectivity index (χ2v) is 8.77. The molecule has 2 saturated heterocycles. The van der Waals surface area contributed by atoms with Crippen LogP contribution >= 0.6 is 0 Å². The van der Waals surface area contributed by atoms with Gasteiger partial charge in [-0.1, -0.05) is 0 Å². The van der Waals surface area contributed by atoms with Gasteiger partial charge in [0.1, 0.15) is 29.6 Å². The molecule has 0 amide bonds. The summed E-state index contributed by atoms with van der Waals surface area (Å²) < 4.78 is 58.9. The molecule has 8 nitrogen and oxygen atoms in total. The van der Waals surface area contributed by atoms with Gasteiger partial charge in [-0.25, -0.2) is 27.2 Å². The molecule has 0 bridgehead atoms. The van der Waals surface area contributed by atoms with E-state index in [2.05, 4.69) is 14.9 Å². The fraction of sp³-hybridized carbons (Fsp3) is 0.444. The highest BCUT2D eigenvalue weighted by Crippen LogP contribution is 2.23. The molecule has 0 spiro atoms. The molecular weight excluding hydrogens is 404 g/mol. The van der Waals surface area contributed by atoms with E-state index in [4.69, 9.17) is 4.74 Å². The largest absolute Gasteiger partial charge is 0.378 e. The lowest BCUT2D eigenvalue weighted by Gasteiger charge is -2.35. The van der Waals surface area contributed by atoms with Crippen molar-refractivity contribution < 1.29 is 21.9 Å². The molecule has 1 aromatic heterocycles. The van der Waals surface area contributed by atoms with Crippen molar-refractivity contribution in [2.75, 3.05) is 62.3 Å². The lowest BCUT2D eigenvalue weighted by molar-refractivity contribution is 0.122. The van der Waals surface area contributed by atoms with Gasteiger partial charge in [0.25, 0.3) is 0 Å². The van der Waals surface area contributed by atoms with Crippen LogP contribution in [0.25, 0.3) is 0 Å². The Labute approximate surface area is 167 Å². The van der Waals surface area contributed by atoms with Crippen molar-refractivity contribution in [3.63, 3.8) is 0 Å². The van der Waals surface area contributed by atoms with Gasteiger partial charge < -0.3 is 14.5 Å². The molecule has 4 rings (SSSR count). The van der Waals surface area contributed by atoms with Crippen molar-refractivity contribution in [3.05, 3.63) is 42.2 Å². The summed E-state index contributed by atoms with van der Waals surface area (Å²) in [5, 5.41) is 0. The molecule has 29 heavy (non-hydrogen) atoms. The van der Waals surface area contributed by atoms with Gasteiger partial charge in [0.2, 0.25) is 10.0 Å². The molecule has 0 saturated carbocycles. The monoisotopic (exact) mass is 425 g/mol. The predicted molar refractivity (Wildman–Crippen MR) is 102 cm³/mol. The number of ether oxygens (including phenoxy) is 1. The number of rotatable bonds is 4. The van der Waals surface area contributed by atoms with Crippen LogP contribution < -0.4 is 9.80 Å². The third kappa shape index (κ3) is 4.31. The topological polar surface area (TPSA) is 78.9 Å². The van der Waals surface area contributed by atoms with E-state index in [0.717, 1.165) is 36.9 Å². The molecule has 0 atom stereocenters. The molecule has 0 N–H and O–H groups in total. The lowest BCUT2D eigenvalue weighted by Crippen LogP contribution is -2.49. The molecule has 0 radical (unpaired) electrons. The van der Waals surface area contributed by atoms with Crippen LogP contribution in [0.1, 0.15) is 0 Å². The maximum Gasteiger partial charge on any atom is 0.243 e. The summed E-state index contributed by atoms with van der Waals surface area (Å²) in [4.78, 5) is 12.4. The first-order valence-corrected chi connectivity index (χ1v) is 10.7. The van der Waals surface area contributed by atoms with E-state index in [-0.39, 0.29) is 18.0 Å². The molecule has 3 heterocycles. The first kappa shape index (κ1) is 19.9. The van der Waals surface area contributed by atoms with Crippen LogP contribution in [0.15, 0.2) is 35.5 Å². The summed E-state index contributed by atoms with van der Waals surface area (Å²) >= 11 is 0. The van der Waals surface area contributed by atoms with Crippen LogP contribution in [-0.4, -0.2) is 75.2 Å². The van der Waals surface area contributed by atoms with Gasteiger partial charge in [-0.15, -0.1) is 0 Å². The fourth-order valence-corrected chi connectivity index (χ4v) is 4.92. The number of aromatic nitrogens is 2. The molecule has 11 heteroatoms. The third-order valence-corrected chi connectivity index (χ3v) is 6.89. The number of hydrogen-bond acceptors (Lipinski definition) is 7. The molecule has 2 aliphatic rings. The summed E-state index contributed by atoms with van der Waals surface area (Å²) in [7, 11) is -3.97. The van der Waals surface area contributed by atoms with Gasteiger partial charge in [-0.2, -0.15) is 4.31 Å². The van der Waals surface area contributed by atoms with Crippen LogP contribution in [0.3, 0.4) is 0 Å². The Morgan fingerprint density at radius 1 is 0.793 bits per heavy atom. The van der Waals surface area contributed by atoms with E-state index in [9.17, 15) is 17.2 Å². The zero-order chi connectivity index (χ0) is 20.4. The quantitative estimate of drug-likeness (QED) is 0.726. The highest BCUT2D eigenvalue weighted by atomic mass is 32.2. The normalized spacial score (nSPS) is 18.8. The van der Waals surface area contributed by atoms with Gasteiger partial charge in [-0.3, -0.25) is 0 Å². The molecule has 2 aromatic rings. The second-order valence-electron chi connectivity index (χ2n) is 6.83. The van der Waals surface area contributed by atoms with Gasteiger partial charge in [-0.05, 0) is 12.1 Å². The van der Waals surface area contributed by atoms with E-state index < -0.39 is 21.7 Å². The number of halogens is 2. The van der Waals surface area contributed by atoms with Crippen molar-refractivity contribution in [1.29, 1.82) is 0 Å². The van der Waals surface area contributed by atoms with Gasteiger partial charge in [0.05, 0.1) is 18.1 Å². The molecule has 1 aromatic carbocycles. The minimum atomic E-state index is -3.97. The smallest absolute Gasteiger partial charge is 0.243 e. The summed E-state index contributed by atoms with van der Waals surface area (Å²) in [6.45, 7) is 4.02. The van der Waals surface area contributed by atoms with Gasteiger partial charge >= 0.3 is 0 Å². The maximum absolute atomic E-state index is 13.4. The number of benzene rings is 1. The average Bonchev–Trinajstić information content (AvgIpc) is 2.74. The Balaban J connectivity index is 1.45. The van der Waals surface area contributed by atoms with Gasteiger partial charge in [0, 0.05) is 51.4 Å². The average molecular weight is 425 g/mol. The van der Waals surface area contributed by atoms with E-state index in [1.165, 1.54) is 10.6 Å². The SMILES string of the molecule is O=S(=O)(c1cc(F)cc(F)c1)N1CCN(c2cc(N3CCOCC3)ncn2)CC1. The number of sulfonamides is 1. The molecule has 2 aliphatic heterocycles. The van der Waals surface area contributed by atoms with Crippen molar-refractivity contribution >= 4 is 21.7 Å². The fourth-order valence-electron chi connectivity index (χ4n) is 3.46. The highest BCUT2D eigenvalue weighted by Gasteiger charge is 2.30. The zero-order valence-electron chi connectivity index (χ0n) is 15.7. The second kappa shape index (κ2) is 8.17. The summed E-state index contributed by atoms with van der Waals surface area (Å²) in [6.07, 6.45) is 1.50. The first-order valence-electron chi connectivity index (χ1n) is 9.29. The van der Waals surface area contributed by atoms with E-state index >= 15 is 0 Å². The van der Waals surface area contributed by atoms with Gasteiger partial charge in [0.15, 0.2) is 0 Å². The van der Waals surface area contributed by atoms with E-state index in [1.54, 1.807) is 0 Å². The lowest BCUT2D eigenvalue weighted by atomic mass is 10.3. The van der Waals surface area contributed by atoms with Crippen LogP contribution in [0.4, 0.5) is 20.4 Å². The molecular formula is C18H21F2N5O3S. The van der Waals surface area contributed by atoms with E-state index in [0.29, 0.717) is 32.4 Å². The highest BCUT2D eigenvalue weighted by molar-refractivity contribution is 7.89. The number of hydrogen-bond donors (Lipinski definition) is 0. The number of piperazine rings is 1. The Kier molecular flexibility index (Phi) is 5.61. The minimum absolute atomic E-state index is 0.192.